The molecule has 150 valence electrons. The maximum Gasteiger partial charge on any atom is 0.266 e. The third-order valence-electron chi connectivity index (χ3n) is 4.62. The standard InChI is InChI=1S/C20H19N3O4S2/c1-11(24)22-15-13-14(21)17(16(25)12-5-3-2-4-6-12)28-20(13)29-18(15)19(26)23-7-9-27-10-8-23/h2-6H,7-10,21H2,1H3,(H,22,24). The molecule has 1 saturated heterocycles. The molecule has 7 nitrogen and oxygen atoms in total. The first-order valence-electron chi connectivity index (χ1n) is 9.06. The molecule has 2 aromatic heterocycles. The Morgan fingerprint density at radius 2 is 1.72 bits per heavy atom. The first-order valence-corrected chi connectivity index (χ1v) is 10.7. The van der Waals surface area contributed by atoms with E-state index in [1.165, 1.54) is 29.6 Å². The molecule has 0 atom stereocenters. The maximum atomic E-state index is 13.0. The lowest BCUT2D eigenvalue weighted by Gasteiger charge is -2.26. The van der Waals surface area contributed by atoms with Crippen LogP contribution in [0.1, 0.15) is 31.8 Å². The molecular formula is C20H19N3O4S2. The van der Waals surface area contributed by atoms with E-state index in [1.54, 1.807) is 29.2 Å². The highest BCUT2D eigenvalue weighted by Gasteiger charge is 2.29. The molecule has 0 spiro atoms. The number of hydrogen-bond donors (Lipinski definition) is 2. The Kier molecular flexibility index (Phi) is 5.35. The number of nitrogens with zero attached hydrogens (tertiary/aromatic N) is 1. The van der Waals surface area contributed by atoms with Crippen molar-refractivity contribution in [2.24, 2.45) is 0 Å². The molecular weight excluding hydrogens is 410 g/mol. The van der Waals surface area contributed by atoms with Crippen LogP contribution in [0.15, 0.2) is 30.3 Å². The van der Waals surface area contributed by atoms with Crippen molar-refractivity contribution in [3.63, 3.8) is 0 Å². The van der Waals surface area contributed by atoms with Crippen LogP contribution in [0.4, 0.5) is 11.4 Å². The number of rotatable bonds is 4. The van der Waals surface area contributed by atoms with Crippen LogP contribution >= 0.6 is 22.7 Å². The Bertz CT molecular complexity index is 1100. The minimum absolute atomic E-state index is 0.166. The minimum Gasteiger partial charge on any atom is -0.397 e. The van der Waals surface area contributed by atoms with Crippen molar-refractivity contribution in [2.75, 3.05) is 37.4 Å². The Morgan fingerprint density at radius 1 is 1.07 bits per heavy atom. The van der Waals surface area contributed by atoms with Crippen molar-refractivity contribution < 1.29 is 19.1 Å². The molecule has 2 amide bonds. The lowest BCUT2D eigenvalue weighted by Crippen LogP contribution is -2.40. The van der Waals surface area contributed by atoms with Gasteiger partial charge >= 0.3 is 0 Å². The maximum absolute atomic E-state index is 13.0. The van der Waals surface area contributed by atoms with E-state index in [-0.39, 0.29) is 17.6 Å². The lowest BCUT2D eigenvalue weighted by atomic mass is 10.1. The van der Waals surface area contributed by atoms with Crippen LogP contribution in [-0.4, -0.2) is 48.8 Å². The van der Waals surface area contributed by atoms with Gasteiger partial charge in [0.05, 0.1) is 34.0 Å². The van der Waals surface area contributed by atoms with Crippen LogP contribution in [0.5, 0.6) is 0 Å². The van der Waals surface area contributed by atoms with Crippen LogP contribution in [0.2, 0.25) is 0 Å². The van der Waals surface area contributed by atoms with Crippen molar-refractivity contribution in [3.05, 3.63) is 45.6 Å². The fraction of sp³-hybridized carbons (Fsp3) is 0.250. The topological polar surface area (TPSA) is 102 Å². The van der Waals surface area contributed by atoms with Gasteiger partial charge in [-0.25, -0.2) is 0 Å². The summed E-state index contributed by atoms with van der Waals surface area (Å²) in [6.07, 6.45) is 0. The van der Waals surface area contributed by atoms with E-state index in [1.807, 2.05) is 6.07 Å². The Labute approximate surface area is 175 Å². The van der Waals surface area contributed by atoms with Crippen molar-refractivity contribution in [2.45, 2.75) is 6.92 Å². The molecule has 1 aromatic carbocycles. The summed E-state index contributed by atoms with van der Waals surface area (Å²) < 4.78 is 6.05. The molecule has 4 rings (SSSR count). The second kappa shape index (κ2) is 7.94. The second-order valence-electron chi connectivity index (χ2n) is 6.59. The minimum atomic E-state index is -0.303. The number of morpholine rings is 1. The van der Waals surface area contributed by atoms with E-state index >= 15 is 0 Å². The van der Waals surface area contributed by atoms with Gasteiger partial charge in [0, 0.05) is 25.6 Å². The van der Waals surface area contributed by atoms with Crippen LogP contribution in [0, 0.1) is 0 Å². The van der Waals surface area contributed by atoms with Gasteiger partial charge in [0.15, 0.2) is 0 Å². The largest absolute Gasteiger partial charge is 0.397 e. The summed E-state index contributed by atoms with van der Waals surface area (Å²) in [7, 11) is 0. The summed E-state index contributed by atoms with van der Waals surface area (Å²) in [5, 5.41) is 3.32. The number of carbonyl (C=O) groups excluding carboxylic acids is 3. The number of amides is 2. The molecule has 0 saturated carbocycles. The number of fused-ring (bicyclic) bond motifs is 1. The van der Waals surface area contributed by atoms with Gasteiger partial charge in [-0.1, -0.05) is 30.3 Å². The summed E-state index contributed by atoms with van der Waals surface area (Å²) >= 11 is 2.51. The van der Waals surface area contributed by atoms with Crippen LogP contribution in [0.25, 0.3) is 9.40 Å². The zero-order valence-electron chi connectivity index (χ0n) is 15.7. The lowest BCUT2D eigenvalue weighted by molar-refractivity contribution is -0.114. The summed E-state index contributed by atoms with van der Waals surface area (Å²) in [4.78, 5) is 40.3. The normalized spacial score (nSPS) is 14.2. The molecule has 3 aromatic rings. The number of carbonyl (C=O) groups is 3. The van der Waals surface area contributed by atoms with Crippen molar-refractivity contribution in [1.29, 1.82) is 0 Å². The third kappa shape index (κ3) is 3.64. The quantitative estimate of drug-likeness (QED) is 0.620. The second-order valence-corrected chi connectivity index (χ2v) is 8.89. The molecule has 1 fully saturated rings. The molecule has 0 aliphatic carbocycles. The zero-order chi connectivity index (χ0) is 20.5. The average Bonchev–Trinajstić information content (AvgIpc) is 3.25. The summed E-state index contributed by atoms with van der Waals surface area (Å²) in [6, 6.07) is 8.89. The Morgan fingerprint density at radius 3 is 2.38 bits per heavy atom. The van der Waals surface area contributed by atoms with E-state index in [9.17, 15) is 14.4 Å². The van der Waals surface area contributed by atoms with Crippen LogP contribution < -0.4 is 11.1 Å². The molecule has 1 aliphatic heterocycles. The molecule has 0 radical (unpaired) electrons. The van der Waals surface area contributed by atoms with Gasteiger partial charge in [-0.2, -0.15) is 0 Å². The highest BCUT2D eigenvalue weighted by molar-refractivity contribution is 7.40. The monoisotopic (exact) mass is 429 g/mol. The van der Waals surface area contributed by atoms with Crippen LogP contribution in [0.3, 0.4) is 0 Å². The van der Waals surface area contributed by atoms with Gasteiger partial charge in [0.2, 0.25) is 11.7 Å². The fourth-order valence-electron chi connectivity index (χ4n) is 3.23. The van der Waals surface area contributed by atoms with E-state index < -0.39 is 0 Å². The molecule has 3 heterocycles. The predicted molar refractivity (Wildman–Crippen MR) is 115 cm³/mol. The number of ether oxygens (including phenoxy) is 1. The first kappa shape index (κ1) is 19.6. The van der Waals surface area contributed by atoms with Gasteiger partial charge in [-0.3, -0.25) is 14.4 Å². The van der Waals surface area contributed by atoms with Gasteiger partial charge in [-0.05, 0) is 0 Å². The number of anilines is 2. The number of nitrogen functional groups attached to an aromatic ring is 1. The number of nitrogens with one attached hydrogen (secondary N) is 1. The molecule has 1 aliphatic rings. The van der Waals surface area contributed by atoms with Gasteiger partial charge in [0.1, 0.15) is 9.75 Å². The van der Waals surface area contributed by atoms with E-state index in [0.717, 1.165) is 4.01 Å². The summed E-state index contributed by atoms with van der Waals surface area (Å²) in [5.41, 5.74) is 7.56. The number of hydrogen-bond acceptors (Lipinski definition) is 7. The smallest absolute Gasteiger partial charge is 0.266 e. The highest BCUT2D eigenvalue weighted by atomic mass is 32.2. The number of nitrogens with two attached hydrogens (primary N) is 1. The molecule has 0 bridgehead atoms. The number of thiophene rings is 2. The van der Waals surface area contributed by atoms with Gasteiger partial charge in [-0.15, -0.1) is 22.7 Å². The van der Waals surface area contributed by atoms with E-state index in [2.05, 4.69) is 5.32 Å². The van der Waals surface area contributed by atoms with Crippen molar-refractivity contribution in [1.82, 2.24) is 4.90 Å². The SMILES string of the molecule is CC(=O)Nc1c(C(=O)N2CCOCC2)sc2sc(C(=O)c3ccccc3)c(N)c12. The van der Waals surface area contributed by atoms with Crippen molar-refractivity contribution >= 4 is 61.0 Å². The van der Waals surface area contributed by atoms with Crippen LogP contribution in [-0.2, 0) is 9.53 Å². The number of ketones is 1. The third-order valence-corrected chi connectivity index (χ3v) is 7.09. The highest BCUT2D eigenvalue weighted by Crippen LogP contribution is 2.47. The Hall–Kier alpha value is -2.75. The molecule has 3 N–H and O–H groups in total. The number of benzene rings is 1. The summed E-state index contributed by atoms with van der Waals surface area (Å²) in [6.45, 7) is 3.34. The van der Waals surface area contributed by atoms with Gasteiger partial charge in [0.25, 0.3) is 5.91 Å². The molecule has 29 heavy (non-hydrogen) atoms. The van der Waals surface area contributed by atoms with E-state index in [0.29, 0.717) is 58.4 Å². The summed E-state index contributed by atoms with van der Waals surface area (Å²) in [5.74, 6) is -0.644. The van der Waals surface area contributed by atoms with E-state index in [4.69, 9.17) is 10.5 Å². The first-order chi connectivity index (χ1) is 14.0. The molecule has 9 heteroatoms. The average molecular weight is 430 g/mol. The fourth-order valence-corrected chi connectivity index (χ4v) is 5.79. The zero-order valence-corrected chi connectivity index (χ0v) is 17.3. The van der Waals surface area contributed by atoms with Crippen molar-refractivity contribution in [3.8, 4) is 0 Å². The Balaban J connectivity index is 1.79. The molecule has 0 unspecified atom stereocenters. The van der Waals surface area contributed by atoms with Gasteiger partial charge < -0.3 is 20.7 Å². The predicted octanol–water partition coefficient (Wildman–Crippen LogP) is 3.21.